The molecule has 0 aliphatic heterocycles. The van der Waals surface area contributed by atoms with E-state index in [1.807, 2.05) is 30.9 Å². The van der Waals surface area contributed by atoms with Crippen LogP contribution in [0.5, 0.6) is 0 Å². The van der Waals surface area contributed by atoms with Gasteiger partial charge >= 0.3 is 0 Å². The van der Waals surface area contributed by atoms with E-state index in [9.17, 15) is 10.1 Å². The maximum Gasteiger partial charge on any atom is 0.269 e. The fourth-order valence-corrected chi connectivity index (χ4v) is 2.23. The third-order valence-electron chi connectivity index (χ3n) is 3.63. The first kappa shape index (κ1) is 17.9. The first-order chi connectivity index (χ1) is 12.1. The van der Waals surface area contributed by atoms with Gasteiger partial charge in [0.05, 0.1) is 22.2 Å². The quantitative estimate of drug-likeness (QED) is 0.386. The molecule has 0 radical (unpaired) electrons. The number of hydrogen-bond acceptors (Lipinski definition) is 4. The van der Waals surface area contributed by atoms with Gasteiger partial charge in [-0.25, -0.2) is 4.99 Å². The van der Waals surface area contributed by atoms with Crippen molar-refractivity contribution in [1.29, 1.82) is 5.26 Å². The van der Waals surface area contributed by atoms with Crippen molar-refractivity contribution in [1.82, 2.24) is 4.90 Å². The summed E-state index contributed by atoms with van der Waals surface area (Å²) < 4.78 is 0. The van der Waals surface area contributed by atoms with Crippen molar-refractivity contribution in [2.45, 2.75) is 13.8 Å². The van der Waals surface area contributed by atoms with Crippen LogP contribution in [0.4, 0.5) is 17.1 Å². The zero-order chi connectivity index (χ0) is 18.2. The minimum Gasteiger partial charge on any atom is -0.343 e. The first-order valence-corrected chi connectivity index (χ1v) is 7.92. The van der Waals surface area contributed by atoms with Gasteiger partial charge in [0.25, 0.3) is 5.69 Å². The Labute approximate surface area is 146 Å². The van der Waals surface area contributed by atoms with Crippen molar-refractivity contribution < 1.29 is 4.92 Å². The molecule has 0 saturated heterocycles. The van der Waals surface area contributed by atoms with Crippen molar-refractivity contribution in [2.24, 2.45) is 4.99 Å². The van der Waals surface area contributed by atoms with Gasteiger partial charge in [0, 0.05) is 30.9 Å². The number of nitrogens with one attached hydrogen (secondary N) is 1. The lowest BCUT2D eigenvalue weighted by Crippen LogP contribution is -2.36. The second-order valence-corrected chi connectivity index (χ2v) is 5.20. The first-order valence-electron chi connectivity index (χ1n) is 7.92. The molecular formula is C18H19N5O2. The highest BCUT2D eigenvalue weighted by molar-refractivity contribution is 5.95. The Morgan fingerprint density at radius 3 is 2.24 bits per heavy atom. The molecule has 0 heterocycles. The molecule has 0 aliphatic rings. The van der Waals surface area contributed by atoms with Crippen molar-refractivity contribution in [2.75, 3.05) is 18.4 Å². The van der Waals surface area contributed by atoms with Gasteiger partial charge in [-0.1, -0.05) is 0 Å². The number of guanidine groups is 1. The number of rotatable bonds is 5. The van der Waals surface area contributed by atoms with E-state index < -0.39 is 4.92 Å². The molecule has 0 saturated carbocycles. The predicted molar refractivity (Wildman–Crippen MR) is 97.9 cm³/mol. The van der Waals surface area contributed by atoms with Gasteiger partial charge < -0.3 is 10.2 Å². The zero-order valence-corrected chi connectivity index (χ0v) is 14.1. The van der Waals surface area contributed by atoms with Crippen LogP contribution in [0.2, 0.25) is 0 Å². The molecule has 7 nitrogen and oxygen atoms in total. The highest BCUT2D eigenvalue weighted by Crippen LogP contribution is 2.19. The summed E-state index contributed by atoms with van der Waals surface area (Å²) >= 11 is 0. The van der Waals surface area contributed by atoms with Gasteiger partial charge in [-0.2, -0.15) is 5.26 Å². The molecule has 0 aliphatic carbocycles. The highest BCUT2D eigenvalue weighted by Gasteiger charge is 2.10. The summed E-state index contributed by atoms with van der Waals surface area (Å²) in [6, 6.07) is 15.3. The molecule has 0 bridgehead atoms. The minimum absolute atomic E-state index is 0.0309. The molecule has 0 atom stereocenters. The number of aliphatic imine (C=N–C) groups is 1. The van der Waals surface area contributed by atoms with E-state index in [0.717, 1.165) is 18.8 Å². The largest absolute Gasteiger partial charge is 0.343 e. The SMILES string of the molecule is CCN(CC)C(=Nc1ccc([N+](=O)[O-])cc1)Nc1ccc(C#N)cc1. The summed E-state index contributed by atoms with van der Waals surface area (Å²) in [7, 11) is 0. The standard InChI is InChI=1S/C18H19N5O2/c1-3-22(4-2)18(20-15-7-5-14(13-19)6-8-15)21-16-9-11-17(12-10-16)23(24)25/h5-12H,3-4H2,1-2H3,(H,20,21). The normalized spacial score (nSPS) is 10.8. The van der Waals surface area contributed by atoms with Gasteiger partial charge in [0.1, 0.15) is 0 Å². The van der Waals surface area contributed by atoms with E-state index >= 15 is 0 Å². The number of nitro groups is 1. The molecule has 25 heavy (non-hydrogen) atoms. The van der Waals surface area contributed by atoms with E-state index in [0.29, 0.717) is 17.2 Å². The maximum absolute atomic E-state index is 10.8. The smallest absolute Gasteiger partial charge is 0.269 e. The number of non-ortho nitro benzene ring substituents is 1. The third-order valence-corrected chi connectivity index (χ3v) is 3.63. The van der Waals surface area contributed by atoms with Gasteiger partial charge in [0.15, 0.2) is 0 Å². The number of benzene rings is 2. The number of nitro benzene ring substituents is 1. The van der Waals surface area contributed by atoms with Crippen molar-refractivity contribution in [3.8, 4) is 6.07 Å². The van der Waals surface area contributed by atoms with Crippen LogP contribution in [-0.4, -0.2) is 28.9 Å². The van der Waals surface area contributed by atoms with Crippen molar-refractivity contribution in [3.63, 3.8) is 0 Å². The number of nitriles is 1. The van der Waals surface area contributed by atoms with Gasteiger partial charge in [-0.15, -0.1) is 0 Å². The molecule has 0 aromatic heterocycles. The number of nitrogens with zero attached hydrogens (tertiary/aromatic N) is 4. The monoisotopic (exact) mass is 337 g/mol. The van der Waals surface area contributed by atoms with Crippen LogP contribution >= 0.6 is 0 Å². The number of anilines is 1. The van der Waals surface area contributed by atoms with E-state index in [1.165, 1.54) is 12.1 Å². The lowest BCUT2D eigenvalue weighted by molar-refractivity contribution is -0.384. The number of hydrogen-bond donors (Lipinski definition) is 1. The lowest BCUT2D eigenvalue weighted by Gasteiger charge is -2.24. The molecule has 1 N–H and O–H groups in total. The van der Waals surface area contributed by atoms with Crippen LogP contribution in [0.25, 0.3) is 0 Å². The maximum atomic E-state index is 10.8. The van der Waals surface area contributed by atoms with Crippen LogP contribution in [0.1, 0.15) is 19.4 Å². The van der Waals surface area contributed by atoms with Gasteiger partial charge in [-0.05, 0) is 50.2 Å². The Hall–Kier alpha value is -3.40. The predicted octanol–water partition coefficient (Wildman–Crippen LogP) is 3.91. The van der Waals surface area contributed by atoms with Crippen molar-refractivity contribution in [3.05, 3.63) is 64.2 Å². The fraction of sp³-hybridized carbons (Fsp3) is 0.222. The van der Waals surface area contributed by atoms with Crippen LogP contribution in [0.15, 0.2) is 53.5 Å². The zero-order valence-electron chi connectivity index (χ0n) is 14.1. The van der Waals surface area contributed by atoms with Crippen LogP contribution in [0.3, 0.4) is 0 Å². The Morgan fingerprint density at radius 2 is 1.76 bits per heavy atom. The van der Waals surface area contributed by atoms with Crippen molar-refractivity contribution >= 4 is 23.0 Å². The summed E-state index contributed by atoms with van der Waals surface area (Å²) in [5.41, 5.74) is 2.05. The summed E-state index contributed by atoms with van der Waals surface area (Å²) in [6.07, 6.45) is 0. The Kier molecular flexibility index (Phi) is 6.07. The average Bonchev–Trinajstić information content (AvgIpc) is 2.63. The molecule has 0 amide bonds. The second kappa shape index (κ2) is 8.45. The van der Waals surface area contributed by atoms with Crippen LogP contribution in [0, 0.1) is 21.4 Å². The molecular weight excluding hydrogens is 318 g/mol. The summed E-state index contributed by atoms with van der Waals surface area (Å²) in [4.78, 5) is 16.9. The Bertz CT molecular complexity index is 788. The van der Waals surface area contributed by atoms with Crippen LogP contribution < -0.4 is 5.32 Å². The molecule has 2 rings (SSSR count). The van der Waals surface area contributed by atoms with E-state index in [1.54, 1.807) is 24.3 Å². The van der Waals surface area contributed by atoms with Gasteiger partial charge in [-0.3, -0.25) is 10.1 Å². The van der Waals surface area contributed by atoms with Gasteiger partial charge in [0.2, 0.25) is 5.96 Å². The molecule has 2 aromatic carbocycles. The second-order valence-electron chi connectivity index (χ2n) is 5.20. The third kappa shape index (κ3) is 4.78. The molecule has 7 heteroatoms. The molecule has 128 valence electrons. The summed E-state index contributed by atoms with van der Waals surface area (Å²) in [5, 5.41) is 22.9. The Balaban J connectivity index is 2.30. The summed E-state index contributed by atoms with van der Waals surface area (Å²) in [5.74, 6) is 0.642. The highest BCUT2D eigenvalue weighted by atomic mass is 16.6. The van der Waals surface area contributed by atoms with E-state index in [-0.39, 0.29) is 5.69 Å². The summed E-state index contributed by atoms with van der Waals surface area (Å²) in [6.45, 7) is 5.56. The van der Waals surface area contributed by atoms with E-state index in [2.05, 4.69) is 16.4 Å². The topological polar surface area (TPSA) is 94.6 Å². The lowest BCUT2D eigenvalue weighted by atomic mass is 10.2. The Morgan fingerprint density at radius 1 is 1.16 bits per heavy atom. The fourth-order valence-electron chi connectivity index (χ4n) is 2.23. The minimum atomic E-state index is -0.437. The van der Waals surface area contributed by atoms with E-state index in [4.69, 9.17) is 5.26 Å². The molecule has 0 spiro atoms. The average molecular weight is 337 g/mol. The molecule has 2 aromatic rings. The molecule has 0 fully saturated rings. The van der Waals surface area contributed by atoms with Crippen LogP contribution in [-0.2, 0) is 0 Å². The molecule has 0 unspecified atom stereocenters.